The van der Waals surface area contributed by atoms with E-state index < -0.39 is 0 Å². The molecule has 0 aromatic heterocycles. The number of ether oxygens (including phenoxy) is 2. The van der Waals surface area contributed by atoms with E-state index in [1.807, 2.05) is 18.2 Å². The van der Waals surface area contributed by atoms with Crippen LogP contribution in [0.1, 0.15) is 23.2 Å². The van der Waals surface area contributed by atoms with Gasteiger partial charge in [-0.1, -0.05) is 18.2 Å². The van der Waals surface area contributed by atoms with E-state index in [0.29, 0.717) is 17.9 Å². The third kappa shape index (κ3) is 4.41. The number of hydrogen-bond donors (Lipinski definition) is 0. The zero-order chi connectivity index (χ0) is 12.5. The molecular weight excluding hydrogens is 216 g/mol. The molecule has 0 saturated heterocycles. The molecule has 1 aromatic carbocycles. The number of para-hydroxylation sites is 1. The zero-order valence-electron chi connectivity index (χ0n) is 10.1. The van der Waals surface area contributed by atoms with Gasteiger partial charge in [-0.25, -0.2) is 0 Å². The third-order valence-corrected chi connectivity index (χ3v) is 2.34. The molecule has 0 atom stereocenters. The first-order chi connectivity index (χ1) is 8.29. The molecule has 0 N–H and O–H groups in total. The predicted molar refractivity (Wildman–Crippen MR) is 67.6 cm³/mol. The monoisotopic (exact) mass is 234 g/mol. The fourth-order valence-corrected chi connectivity index (χ4v) is 1.45. The van der Waals surface area contributed by atoms with E-state index in [4.69, 9.17) is 9.47 Å². The second kappa shape index (κ2) is 7.63. The van der Waals surface area contributed by atoms with Crippen molar-refractivity contribution < 1.29 is 14.3 Å². The standard InChI is InChI=1S/C14H18O3/c1-3-4-7-10-17-11-13(15)12-8-5-6-9-14(12)16-2/h3,5-6,8-9H,1,4,7,10-11H2,2H3. The maximum Gasteiger partial charge on any atom is 0.192 e. The summed E-state index contributed by atoms with van der Waals surface area (Å²) >= 11 is 0. The van der Waals surface area contributed by atoms with Crippen molar-refractivity contribution in [3.8, 4) is 5.75 Å². The van der Waals surface area contributed by atoms with Crippen molar-refractivity contribution in [1.82, 2.24) is 0 Å². The van der Waals surface area contributed by atoms with Crippen molar-refractivity contribution in [3.63, 3.8) is 0 Å². The van der Waals surface area contributed by atoms with Crippen molar-refractivity contribution in [2.75, 3.05) is 20.3 Å². The number of hydrogen-bond acceptors (Lipinski definition) is 3. The van der Waals surface area contributed by atoms with Crippen LogP contribution in [0.4, 0.5) is 0 Å². The normalized spacial score (nSPS) is 9.94. The number of allylic oxidation sites excluding steroid dienone is 1. The lowest BCUT2D eigenvalue weighted by atomic mass is 10.1. The van der Waals surface area contributed by atoms with E-state index in [1.165, 1.54) is 0 Å². The van der Waals surface area contributed by atoms with Crippen LogP contribution in [0, 0.1) is 0 Å². The summed E-state index contributed by atoms with van der Waals surface area (Å²) in [6, 6.07) is 7.16. The Labute approximate surface area is 102 Å². The van der Waals surface area contributed by atoms with Gasteiger partial charge in [-0.05, 0) is 25.0 Å². The molecule has 0 spiro atoms. The van der Waals surface area contributed by atoms with Crippen LogP contribution in [0.2, 0.25) is 0 Å². The Balaban J connectivity index is 2.44. The first-order valence-corrected chi connectivity index (χ1v) is 5.64. The lowest BCUT2D eigenvalue weighted by Gasteiger charge is -2.07. The largest absolute Gasteiger partial charge is 0.496 e. The average Bonchev–Trinajstić information content (AvgIpc) is 2.38. The van der Waals surface area contributed by atoms with Crippen molar-refractivity contribution in [3.05, 3.63) is 42.5 Å². The molecule has 3 nitrogen and oxygen atoms in total. The van der Waals surface area contributed by atoms with Gasteiger partial charge in [-0.15, -0.1) is 6.58 Å². The molecule has 0 heterocycles. The zero-order valence-corrected chi connectivity index (χ0v) is 10.1. The minimum absolute atomic E-state index is 0.0546. The second-order valence-corrected chi connectivity index (χ2v) is 3.61. The van der Waals surface area contributed by atoms with E-state index in [2.05, 4.69) is 6.58 Å². The van der Waals surface area contributed by atoms with Gasteiger partial charge in [0.2, 0.25) is 0 Å². The Morgan fingerprint density at radius 1 is 1.41 bits per heavy atom. The van der Waals surface area contributed by atoms with Crippen molar-refractivity contribution in [1.29, 1.82) is 0 Å². The molecule has 1 aromatic rings. The molecule has 1 rings (SSSR count). The van der Waals surface area contributed by atoms with E-state index in [0.717, 1.165) is 12.8 Å². The Bertz CT molecular complexity index is 371. The highest BCUT2D eigenvalue weighted by atomic mass is 16.5. The number of benzene rings is 1. The summed E-state index contributed by atoms with van der Waals surface area (Å²) < 4.78 is 10.4. The van der Waals surface area contributed by atoms with Crippen molar-refractivity contribution >= 4 is 5.78 Å². The lowest BCUT2D eigenvalue weighted by molar-refractivity contribution is 0.0754. The van der Waals surface area contributed by atoms with Gasteiger partial charge in [-0.2, -0.15) is 0 Å². The molecule has 0 aliphatic rings. The number of unbranched alkanes of at least 4 members (excludes halogenated alkanes) is 1. The maximum absolute atomic E-state index is 11.8. The summed E-state index contributed by atoms with van der Waals surface area (Å²) in [5.41, 5.74) is 0.568. The van der Waals surface area contributed by atoms with Gasteiger partial charge in [0.15, 0.2) is 5.78 Å². The fourth-order valence-electron chi connectivity index (χ4n) is 1.45. The Morgan fingerprint density at radius 2 is 2.18 bits per heavy atom. The van der Waals surface area contributed by atoms with Crippen LogP contribution in [-0.4, -0.2) is 26.1 Å². The summed E-state index contributed by atoms with van der Waals surface area (Å²) in [5, 5.41) is 0. The molecule has 0 bridgehead atoms. The quantitative estimate of drug-likeness (QED) is 0.394. The Kier molecular flexibility index (Phi) is 6.04. The number of ketones is 1. The van der Waals surface area contributed by atoms with Crippen LogP contribution in [0.3, 0.4) is 0 Å². The number of methoxy groups -OCH3 is 1. The second-order valence-electron chi connectivity index (χ2n) is 3.61. The molecule has 0 radical (unpaired) electrons. The summed E-state index contributed by atoms with van der Waals surface area (Å²) in [6.07, 6.45) is 3.64. The van der Waals surface area contributed by atoms with Crippen LogP contribution in [0.5, 0.6) is 5.75 Å². The number of rotatable bonds is 8. The van der Waals surface area contributed by atoms with Crippen LogP contribution in [0.15, 0.2) is 36.9 Å². The molecule has 0 amide bonds. The van der Waals surface area contributed by atoms with Gasteiger partial charge in [0.25, 0.3) is 0 Å². The predicted octanol–water partition coefficient (Wildman–Crippen LogP) is 2.86. The Morgan fingerprint density at radius 3 is 2.88 bits per heavy atom. The number of carbonyl (C=O) groups is 1. The van der Waals surface area contributed by atoms with E-state index >= 15 is 0 Å². The lowest BCUT2D eigenvalue weighted by Crippen LogP contribution is -2.11. The van der Waals surface area contributed by atoms with E-state index in [-0.39, 0.29) is 12.4 Å². The van der Waals surface area contributed by atoms with Crippen LogP contribution in [-0.2, 0) is 4.74 Å². The molecule has 0 unspecified atom stereocenters. The average molecular weight is 234 g/mol. The molecule has 0 aliphatic heterocycles. The molecule has 0 fully saturated rings. The minimum Gasteiger partial charge on any atom is -0.496 e. The minimum atomic E-state index is -0.0546. The Hall–Kier alpha value is -1.61. The van der Waals surface area contributed by atoms with Crippen molar-refractivity contribution in [2.45, 2.75) is 12.8 Å². The topological polar surface area (TPSA) is 35.5 Å². The number of carbonyl (C=O) groups excluding carboxylic acids is 1. The van der Waals surface area contributed by atoms with Crippen LogP contribution < -0.4 is 4.74 Å². The summed E-state index contributed by atoms with van der Waals surface area (Å²) in [5.74, 6) is 0.535. The summed E-state index contributed by atoms with van der Waals surface area (Å²) in [7, 11) is 1.55. The van der Waals surface area contributed by atoms with E-state index in [1.54, 1.807) is 19.2 Å². The molecule has 0 aliphatic carbocycles. The van der Waals surface area contributed by atoms with Crippen LogP contribution >= 0.6 is 0 Å². The summed E-state index contributed by atoms with van der Waals surface area (Å²) in [6.45, 7) is 4.30. The highest BCUT2D eigenvalue weighted by molar-refractivity contribution is 5.99. The van der Waals surface area contributed by atoms with Gasteiger partial charge >= 0.3 is 0 Å². The number of Topliss-reactive ketones (excluding diaryl/α,β-unsaturated/α-hetero) is 1. The molecule has 3 heteroatoms. The van der Waals surface area contributed by atoms with Crippen LogP contribution in [0.25, 0.3) is 0 Å². The summed E-state index contributed by atoms with van der Waals surface area (Å²) in [4.78, 5) is 11.8. The molecule has 0 saturated carbocycles. The first kappa shape index (κ1) is 13.5. The SMILES string of the molecule is C=CCCCOCC(=O)c1ccccc1OC. The maximum atomic E-state index is 11.8. The highest BCUT2D eigenvalue weighted by Crippen LogP contribution is 2.17. The molecule has 92 valence electrons. The van der Waals surface area contributed by atoms with Gasteiger partial charge in [0.1, 0.15) is 12.4 Å². The van der Waals surface area contributed by atoms with E-state index in [9.17, 15) is 4.79 Å². The van der Waals surface area contributed by atoms with Gasteiger partial charge in [0.05, 0.1) is 12.7 Å². The van der Waals surface area contributed by atoms with Gasteiger partial charge < -0.3 is 9.47 Å². The smallest absolute Gasteiger partial charge is 0.192 e. The van der Waals surface area contributed by atoms with Gasteiger partial charge in [0, 0.05) is 6.61 Å². The fraction of sp³-hybridized carbons (Fsp3) is 0.357. The first-order valence-electron chi connectivity index (χ1n) is 5.64. The van der Waals surface area contributed by atoms with Gasteiger partial charge in [-0.3, -0.25) is 4.79 Å². The highest BCUT2D eigenvalue weighted by Gasteiger charge is 2.10. The molecule has 17 heavy (non-hydrogen) atoms. The molecular formula is C14H18O3. The van der Waals surface area contributed by atoms with Crippen molar-refractivity contribution in [2.24, 2.45) is 0 Å². The third-order valence-electron chi connectivity index (χ3n) is 2.34.